The van der Waals surface area contributed by atoms with Crippen LogP contribution in [0.5, 0.6) is 0 Å². The molecule has 1 rings (SSSR count). The number of nitrogens with one attached hydrogen (secondary N) is 9. The van der Waals surface area contributed by atoms with Crippen LogP contribution in [0.4, 0.5) is 0 Å². The third-order valence-corrected chi connectivity index (χ3v) is 13.0. The van der Waals surface area contributed by atoms with E-state index in [9.17, 15) is 63.0 Å². The third-order valence-electron chi connectivity index (χ3n) is 13.0. The van der Waals surface area contributed by atoms with E-state index in [0.717, 1.165) is 0 Å². The molecule has 0 bridgehead atoms. The van der Waals surface area contributed by atoms with Crippen LogP contribution in [0, 0.1) is 11.8 Å². The Balaban J connectivity index is 3.33. The molecule has 0 unspecified atom stereocenters. The summed E-state index contributed by atoms with van der Waals surface area (Å²) in [6, 6.07) is -12.1. The zero-order valence-corrected chi connectivity index (χ0v) is 47.3. The van der Waals surface area contributed by atoms with E-state index in [1.54, 1.807) is 27.7 Å². The Hall–Kier alpha value is -6.76. The normalized spacial score (nSPS) is 16.5. The van der Waals surface area contributed by atoms with Crippen LogP contribution in [-0.4, -0.2) is 192 Å². The number of carbonyl (C=O) groups excluding carboxylic acids is 10. The van der Waals surface area contributed by atoms with Crippen LogP contribution >= 0.6 is 0 Å². The predicted octanol–water partition coefficient (Wildman–Crippen LogP) is -5.83. The summed E-state index contributed by atoms with van der Waals surface area (Å²) in [5.74, 6) is -10.0. The number of unbranched alkanes of at least 4 members (excludes halogenated alkanes) is 3. The van der Waals surface area contributed by atoms with Gasteiger partial charge in [-0.2, -0.15) is 0 Å². The van der Waals surface area contributed by atoms with E-state index in [1.807, 2.05) is 0 Å². The lowest BCUT2D eigenvalue weighted by Crippen LogP contribution is -2.59. The monoisotopic (exact) mass is 1140 g/mol. The van der Waals surface area contributed by atoms with Crippen LogP contribution in [0.3, 0.4) is 0 Å². The molecule has 23 N–H and O–H groups in total. The Morgan fingerprint density at radius 3 is 1.44 bits per heavy atom. The first-order chi connectivity index (χ1) is 37.7. The van der Waals surface area contributed by atoms with Gasteiger partial charge in [0.2, 0.25) is 59.1 Å². The highest BCUT2D eigenvalue weighted by Crippen LogP contribution is 2.21. The van der Waals surface area contributed by atoms with Gasteiger partial charge in [0.1, 0.15) is 54.4 Å². The molecule has 1 saturated heterocycles. The molecule has 0 aromatic rings. The van der Waals surface area contributed by atoms with Crippen molar-refractivity contribution in [2.75, 3.05) is 45.9 Å². The zero-order chi connectivity index (χ0) is 60.6. The molecular weight excluding hydrogens is 1050 g/mol. The fourth-order valence-corrected chi connectivity index (χ4v) is 8.32. The summed E-state index contributed by atoms with van der Waals surface area (Å²) >= 11 is 0. The van der Waals surface area contributed by atoms with Gasteiger partial charge < -0.3 is 97.4 Å². The van der Waals surface area contributed by atoms with Crippen molar-refractivity contribution < 1.29 is 63.0 Å². The quantitative estimate of drug-likeness (QED) is 0.0155. The second-order valence-electron chi connectivity index (χ2n) is 20.6. The minimum Gasteiger partial charge on any atom is -0.480 e. The first-order valence-electron chi connectivity index (χ1n) is 27.5. The van der Waals surface area contributed by atoms with Gasteiger partial charge in [0.05, 0.1) is 19.2 Å². The number of nitrogens with two attached hydrogens (primary N) is 6. The number of aliphatic hydroxyl groups is 1. The number of carbonyl (C=O) groups is 11. The van der Waals surface area contributed by atoms with Crippen LogP contribution in [0.1, 0.15) is 125 Å². The smallest absolute Gasteiger partial charge is 0.326 e. The summed E-state index contributed by atoms with van der Waals surface area (Å²) in [6.07, 6.45) is 3.34. The summed E-state index contributed by atoms with van der Waals surface area (Å²) < 4.78 is 0. The number of rotatable bonds is 39. The van der Waals surface area contributed by atoms with Gasteiger partial charge in [-0.05, 0) is 129 Å². The minimum atomic E-state index is -1.59. The first kappa shape index (κ1) is 71.3. The standard InChI is InChI=1S/C50H93N17O13/c1-27(2)38(65-40(70)29(5)54)48(78)67-24-14-19-36(67)47(77)59-30(6)41(71)61-33(16-8-11-21-52)44(74)63-34(17-9-12-22-53)45(75)62-31(18-13-23-57-50(55)56)42(72)58-25-37(69)60-32(15-7-10-20-51)43(73)64-35(26-68)46(76)66-39(28(3)4)49(79)80/h27-36,38-39,68H,7-26,51-54H2,1-6H3,(H,58,72)(H,59,77)(H,60,69)(H,61,71)(H,62,75)(H,63,74)(H,64,73)(H,65,70)(H,66,76)(H,79,80)(H4,55,56,57)/t29-,30-,31-,32-,33-,34-,35-,36-,38-,39-/m0/s1. The molecule has 80 heavy (non-hydrogen) atoms. The summed E-state index contributed by atoms with van der Waals surface area (Å²) in [7, 11) is 0. The van der Waals surface area contributed by atoms with Gasteiger partial charge in [0, 0.05) is 13.1 Å². The van der Waals surface area contributed by atoms with Gasteiger partial charge >= 0.3 is 5.97 Å². The number of hydrogen-bond acceptors (Lipinski definition) is 17. The van der Waals surface area contributed by atoms with E-state index in [4.69, 9.17) is 34.4 Å². The molecular formula is C50H93N17O13. The number of hydrogen-bond donors (Lipinski definition) is 17. The molecule has 0 aromatic carbocycles. The Kier molecular flexibility index (Phi) is 33.8. The van der Waals surface area contributed by atoms with Gasteiger partial charge in [-0.25, -0.2) is 4.79 Å². The van der Waals surface area contributed by atoms with Crippen LogP contribution in [0.25, 0.3) is 0 Å². The van der Waals surface area contributed by atoms with Gasteiger partial charge in [0.15, 0.2) is 5.96 Å². The Labute approximate surface area is 468 Å². The van der Waals surface area contributed by atoms with Crippen molar-refractivity contribution >= 4 is 71.0 Å². The number of likely N-dealkylation sites (tertiary alicyclic amines) is 1. The fraction of sp³-hybridized carbons (Fsp3) is 0.760. The third kappa shape index (κ3) is 26.0. The van der Waals surface area contributed by atoms with Crippen molar-refractivity contribution in [3.05, 3.63) is 0 Å². The van der Waals surface area contributed by atoms with E-state index >= 15 is 0 Å². The Bertz CT molecular complexity index is 2080. The second-order valence-corrected chi connectivity index (χ2v) is 20.6. The van der Waals surface area contributed by atoms with Gasteiger partial charge in [-0.3, -0.25) is 52.9 Å². The van der Waals surface area contributed by atoms with Crippen molar-refractivity contribution in [2.45, 2.75) is 185 Å². The maximum absolute atomic E-state index is 14.2. The van der Waals surface area contributed by atoms with Gasteiger partial charge in [0.25, 0.3) is 0 Å². The number of guanidine groups is 1. The van der Waals surface area contributed by atoms with E-state index in [0.29, 0.717) is 44.9 Å². The number of amides is 10. The molecule has 30 nitrogen and oxygen atoms in total. The molecule has 1 fully saturated rings. The number of aliphatic imine (C=N–C) groups is 1. The van der Waals surface area contributed by atoms with Crippen LogP contribution < -0.4 is 82.3 Å². The molecule has 0 saturated carbocycles. The molecule has 1 heterocycles. The summed E-state index contributed by atoms with van der Waals surface area (Å²) in [5, 5.41) is 42.3. The number of carboxylic acids is 1. The fourth-order valence-electron chi connectivity index (χ4n) is 8.32. The molecule has 1 aliphatic rings. The molecule has 10 amide bonds. The van der Waals surface area contributed by atoms with Gasteiger partial charge in [-0.15, -0.1) is 0 Å². The highest BCUT2D eigenvalue weighted by atomic mass is 16.4. The van der Waals surface area contributed by atoms with E-state index in [-0.39, 0.29) is 83.1 Å². The van der Waals surface area contributed by atoms with Crippen molar-refractivity contribution in [2.24, 2.45) is 51.2 Å². The molecule has 456 valence electrons. The molecule has 30 heteroatoms. The molecule has 10 atom stereocenters. The number of aliphatic hydroxyl groups excluding tert-OH is 1. The summed E-state index contributed by atoms with van der Waals surface area (Å²) in [6.45, 7) is 8.87. The number of aliphatic carboxylic acids is 1. The van der Waals surface area contributed by atoms with Crippen molar-refractivity contribution in [1.82, 2.24) is 52.8 Å². The van der Waals surface area contributed by atoms with E-state index in [1.165, 1.54) is 18.7 Å². The topological polar surface area (TPSA) is 508 Å². The Morgan fingerprint density at radius 1 is 0.550 bits per heavy atom. The maximum Gasteiger partial charge on any atom is 0.326 e. The lowest BCUT2D eigenvalue weighted by atomic mass is 10.0. The molecule has 0 aliphatic carbocycles. The second kappa shape index (κ2) is 38.0. The van der Waals surface area contributed by atoms with Crippen LogP contribution in [-0.2, 0) is 52.7 Å². The average molecular weight is 1140 g/mol. The lowest BCUT2D eigenvalue weighted by molar-refractivity contribution is -0.144. The minimum absolute atomic E-state index is 0.0153. The zero-order valence-electron chi connectivity index (χ0n) is 47.3. The maximum atomic E-state index is 14.2. The molecule has 1 aliphatic heterocycles. The van der Waals surface area contributed by atoms with Crippen LogP contribution in [0.15, 0.2) is 4.99 Å². The van der Waals surface area contributed by atoms with Crippen molar-refractivity contribution in [3.8, 4) is 0 Å². The lowest BCUT2D eigenvalue weighted by Gasteiger charge is -2.31. The molecule has 0 radical (unpaired) electrons. The number of nitrogens with zero attached hydrogens (tertiary/aromatic N) is 2. The largest absolute Gasteiger partial charge is 0.480 e. The SMILES string of the molecule is CC(C)[C@H](NC(=O)[C@H](CO)NC(=O)[C@H](CCCCN)NC(=O)CNC(=O)[C@H](CCCN=C(N)N)NC(=O)[C@H](CCCCN)NC(=O)[C@H](CCCCN)NC(=O)[C@H](C)NC(=O)[C@@H]1CCCN1C(=O)[C@@H](NC(=O)[C@H](C)N)C(C)C)C(=O)O. The Morgan fingerprint density at radius 2 is 0.988 bits per heavy atom. The van der Waals surface area contributed by atoms with Crippen molar-refractivity contribution in [3.63, 3.8) is 0 Å². The highest BCUT2D eigenvalue weighted by Gasteiger charge is 2.40. The first-order valence-corrected chi connectivity index (χ1v) is 27.5. The average Bonchev–Trinajstić information content (AvgIpc) is 3.90. The summed E-state index contributed by atoms with van der Waals surface area (Å²) in [4.78, 5) is 152. The van der Waals surface area contributed by atoms with E-state index < -0.39 is 145 Å². The molecule has 0 spiro atoms. The van der Waals surface area contributed by atoms with E-state index in [2.05, 4.69) is 52.8 Å². The summed E-state index contributed by atoms with van der Waals surface area (Å²) in [5.41, 5.74) is 33.8. The number of carboxylic acid groups (broad SMARTS) is 1. The highest BCUT2D eigenvalue weighted by molar-refractivity contribution is 5.98. The van der Waals surface area contributed by atoms with Crippen LogP contribution in [0.2, 0.25) is 0 Å². The predicted molar refractivity (Wildman–Crippen MR) is 296 cm³/mol. The molecule has 0 aromatic heterocycles. The van der Waals surface area contributed by atoms with Crippen molar-refractivity contribution in [1.29, 1.82) is 0 Å². The van der Waals surface area contributed by atoms with Gasteiger partial charge in [-0.1, -0.05) is 27.7 Å².